The molecule has 3 N–H and O–H groups in total. The number of anilines is 1. The van der Waals surface area contributed by atoms with Crippen LogP contribution in [0.25, 0.3) is 10.2 Å². The van der Waals surface area contributed by atoms with Gasteiger partial charge in [0, 0.05) is 18.7 Å². The van der Waals surface area contributed by atoms with Crippen LogP contribution in [0.5, 0.6) is 0 Å². The maximum Gasteiger partial charge on any atom is 0.270 e. The van der Waals surface area contributed by atoms with E-state index in [9.17, 15) is 18.5 Å². The lowest BCUT2D eigenvalue weighted by atomic mass is 10.3. The number of nitrogens with two attached hydrogens (primary N) is 1. The summed E-state index contributed by atoms with van der Waals surface area (Å²) >= 11 is 1.28. The van der Waals surface area contributed by atoms with Gasteiger partial charge >= 0.3 is 0 Å². The summed E-state index contributed by atoms with van der Waals surface area (Å²) in [6.07, 6.45) is 0.370. The molecule has 0 fully saturated rings. The lowest BCUT2D eigenvalue weighted by Crippen LogP contribution is -2.18. The van der Waals surface area contributed by atoms with Crippen LogP contribution in [0.2, 0.25) is 0 Å². The van der Waals surface area contributed by atoms with E-state index in [1.165, 1.54) is 23.5 Å². The summed E-state index contributed by atoms with van der Waals surface area (Å²) < 4.78 is 22.2. The molecule has 0 aliphatic carbocycles. The van der Waals surface area contributed by atoms with Crippen LogP contribution in [0.1, 0.15) is 6.42 Å². The van der Waals surface area contributed by atoms with Crippen LogP contribution < -0.4 is 10.5 Å². The molecule has 1 aromatic heterocycles. The summed E-state index contributed by atoms with van der Waals surface area (Å²) in [5, 5.41) is 19.1. The molecule has 1 heterocycles. The molecule has 8 nitrogen and oxygen atoms in total. The van der Waals surface area contributed by atoms with Crippen LogP contribution in [0.4, 0.5) is 10.8 Å². The van der Waals surface area contributed by atoms with Crippen molar-refractivity contribution in [1.82, 2.24) is 4.98 Å². The van der Waals surface area contributed by atoms with Gasteiger partial charge in [-0.05, 0) is 12.5 Å². The molecular formula is C10H12N4O4S2. The zero-order valence-electron chi connectivity index (χ0n) is 10.3. The minimum atomic E-state index is -3.45. The van der Waals surface area contributed by atoms with Crippen molar-refractivity contribution in [2.75, 3.05) is 17.6 Å². The van der Waals surface area contributed by atoms with E-state index in [2.05, 4.69) is 10.3 Å². The Hall–Kier alpha value is -1.78. The molecule has 0 saturated heterocycles. The standard InChI is InChI=1S/C10H12N4O4S2/c11-20(17,18)5-1-4-12-10-13-8-3-2-7(14(15)16)6-9(8)19-10/h2-3,6H,1,4-5H2,(H,12,13)(H2,11,17,18). The Kier molecular flexibility index (Phi) is 4.16. The molecule has 0 saturated carbocycles. The van der Waals surface area contributed by atoms with Gasteiger partial charge in [-0.1, -0.05) is 11.3 Å². The van der Waals surface area contributed by atoms with Crippen molar-refractivity contribution in [2.45, 2.75) is 6.42 Å². The average molecular weight is 316 g/mol. The topological polar surface area (TPSA) is 128 Å². The second-order valence-corrected chi connectivity index (χ2v) is 6.84. The van der Waals surface area contributed by atoms with Crippen molar-refractivity contribution in [3.05, 3.63) is 28.3 Å². The minimum absolute atomic E-state index is 0.0157. The predicted octanol–water partition coefficient (Wildman–Crippen LogP) is 1.29. The molecule has 10 heteroatoms. The number of nitro benzene ring substituents is 1. The first-order valence-corrected chi connectivity index (χ1v) is 8.18. The van der Waals surface area contributed by atoms with E-state index >= 15 is 0 Å². The molecule has 1 aromatic carbocycles. The van der Waals surface area contributed by atoms with Gasteiger partial charge < -0.3 is 5.32 Å². The maximum absolute atomic E-state index is 10.8. The molecule has 0 radical (unpaired) electrons. The summed E-state index contributed by atoms with van der Waals surface area (Å²) in [6.45, 7) is 0.415. The fourth-order valence-electron chi connectivity index (χ4n) is 1.57. The highest BCUT2D eigenvalue weighted by molar-refractivity contribution is 7.89. The van der Waals surface area contributed by atoms with Crippen LogP contribution in [0, 0.1) is 10.1 Å². The Morgan fingerprint density at radius 1 is 1.45 bits per heavy atom. The van der Waals surface area contributed by atoms with Gasteiger partial charge in [0.25, 0.3) is 5.69 Å². The number of nitro groups is 1. The summed E-state index contributed by atoms with van der Waals surface area (Å²) in [6, 6.07) is 4.44. The van der Waals surface area contributed by atoms with E-state index in [0.29, 0.717) is 28.3 Å². The van der Waals surface area contributed by atoms with Gasteiger partial charge in [0.1, 0.15) is 0 Å². The van der Waals surface area contributed by atoms with Gasteiger partial charge in [-0.15, -0.1) is 0 Å². The Labute approximate surface area is 118 Å². The van der Waals surface area contributed by atoms with Gasteiger partial charge in [0.2, 0.25) is 10.0 Å². The van der Waals surface area contributed by atoms with Crippen molar-refractivity contribution in [3.8, 4) is 0 Å². The number of hydrogen-bond acceptors (Lipinski definition) is 7. The number of primary sulfonamides is 1. The number of aromatic nitrogens is 1. The number of benzene rings is 1. The van der Waals surface area contributed by atoms with Crippen LogP contribution >= 0.6 is 11.3 Å². The number of nitrogens with one attached hydrogen (secondary N) is 1. The molecule has 2 rings (SSSR count). The molecule has 0 aliphatic rings. The molecule has 0 unspecified atom stereocenters. The van der Waals surface area contributed by atoms with E-state index in [0.717, 1.165) is 0 Å². The predicted molar refractivity (Wildman–Crippen MR) is 77.4 cm³/mol. The lowest BCUT2D eigenvalue weighted by Gasteiger charge is -2.00. The van der Waals surface area contributed by atoms with Gasteiger partial charge in [-0.25, -0.2) is 18.5 Å². The van der Waals surface area contributed by atoms with E-state index in [1.807, 2.05) is 0 Å². The molecule has 20 heavy (non-hydrogen) atoms. The van der Waals surface area contributed by atoms with Crippen molar-refractivity contribution in [2.24, 2.45) is 5.14 Å². The van der Waals surface area contributed by atoms with Crippen LogP contribution in [-0.2, 0) is 10.0 Å². The number of rotatable bonds is 6. The quantitative estimate of drug-likeness (QED) is 0.469. The Morgan fingerprint density at radius 3 is 2.85 bits per heavy atom. The SMILES string of the molecule is NS(=O)(=O)CCCNc1nc2ccc([N+](=O)[O-])cc2s1. The Bertz CT molecular complexity index is 741. The van der Waals surface area contributed by atoms with Gasteiger partial charge in [-0.3, -0.25) is 10.1 Å². The van der Waals surface area contributed by atoms with Gasteiger partial charge in [-0.2, -0.15) is 0 Å². The summed E-state index contributed by atoms with van der Waals surface area (Å²) in [4.78, 5) is 14.5. The molecule has 0 bridgehead atoms. The highest BCUT2D eigenvalue weighted by Crippen LogP contribution is 2.28. The third kappa shape index (κ3) is 3.85. The number of fused-ring (bicyclic) bond motifs is 1. The highest BCUT2D eigenvalue weighted by Gasteiger charge is 2.10. The first kappa shape index (κ1) is 14.6. The molecule has 0 spiro atoms. The number of nitrogens with zero attached hydrogens (tertiary/aromatic N) is 2. The summed E-state index contributed by atoms with van der Waals surface area (Å²) in [7, 11) is -3.45. The van der Waals surface area contributed by atoms with E-state index in [4.69, 9.17) is 5.14 Å². The summed E-state index contributed by atoms with van der Waals surface area (Å²) in [5.74, 6) is -0.101. The Balaban J connectivity index is 2.03. The second-order valence-electron chi connectivity index (χ2n) is 4.08. The number of thiazole rings is 1. The second kappa shape index (κ2) is 5.69. The number of sulfonamides is 1. The minimum Gasteiger partial charge on any atom is -0.361 e. The zero-order chi connectivity index (χ0) is 14.8. The van der Waals surface area contributed by atoms with E-state index in [1.54, 1.807) is 6.07 Å². The Morgan fingerprint density at radius 2 is 2.20 bits per heavy atom. The fourth-order valence-corrected chi connectivity index (χ4v) is 3.04. The van der Waals surface area contributed by atoms with Gasteiger partial charge in [0.05, 0.1) is 20.9 Å². The number of non-ortho nitro benzene ring substituents is 1. The van der Waals surface area contributed by atoms with Crippen LogP contribution in [0.15, 0.2) is 18.2 Å². The van der Waals surface area contributed by atoms with Gasteiger partial charge in [0.15, 0.2) is 5.13 Å². The normalized spacial score (nSPS) is 11.7. The molecular weight excluding hydrogens is 304 g/mol. The van der Waals surface area contributed by atoms with Crippen molar-refractivity contribution >= 4 is 42.4 Å². The third-order valence-corrected chi connectivity index (χ3v) is 4.30. The average Bonchev–Trinajstić information content (AvgIpc) is 2.75. The highest BCUT2D eigenvalue weighted by atomic mass is 32.2. The van der Waals surface area contributed by atoms with Crippen LogP contribution in [0.3, 0.4) is 0 Å². The lowest BCUT2D eigenvalue weighted by molar-refractivity contribution is -0.384. The summed E-state index contributed by atoms with van der Waals surface area (Å²) in [5.41, 5.74) is 0.677. The van der Waals surface area contributed by atoms with Crippen molar-refractivity contribution in [1.29, 1.82) is 0 Å². The smallest absolute Gasteiger partial charge is 0.270 e. The molecule has 2 aromatic rings. The molecule has 0 amide bonds. The fraction of sp³-hybridized carbons (Fsp3) is 0.300. The third-order valence-electron chi connectivity index (χ3n) is 2.46. The van der Waals surface area contributed by atoms with E-state index < -0.39 is 14.9 Å². The van der Waals surface area contributed by atoms with Crippen LogP contribution in [-0.4, -0.2) is 30.6 Å². The number of hydrogen-bond donors (Lipinski definition) is 2. The first-order valence-electron chi connectivity index (χ1n) is 5.64. The van der Waals surface area contributed by atoms with E-state index in [-0.39, 0.29) is 11.4 Å². The molecule has 0 aliphatic heterocycles. The first-order chi connectivity index (χ1) is 9.35. The largest absolute Gasteiger partial charge is 0.361 e. The monoisotopic (exact) mass is 316 g/mol. The maximum atomic E-state index is 10.8. The zero-order valence-corrected chi connectivity index (χ0v) is 11.9. The van der Waals surface area contributed by atoms with Crippen molar-refractivity contribution < 1.29 is 13.3 Å². The van der Waals surface area contributed by atoms with Crippen molar-refractivity contribution in [3.63, 3.8) is 0 Å². The molecule has 0 atom stereocenters. The molecule has 108 valence electrons.